The molecule has 13 heavy (non-hydrogen) atoms. The van der Waals surface area contributed by atoms with E-state index >= 15 is 0 Å². The molecule has 0 aliphatic carbocycles. The van der Waals surface area contributed by atoms with Crippen molar-refractivity contribution in [3.63, 3.8) is 0 Å². The maximum atomic E-state index is 11.2. The average molecular weight is 184 g/mol. The molecular formula is C9H16N2O2. The van der Waals surface area contributed by atoms with Gasteiger partial charge in [0.05, 0.1) is 6.61 Å². The predicted octanol–water partition coefficient (Wildman–Crippen LogP) is 0.146. The van der Waals surface area contributed by atoms with Crippen LogP contribution in [0.1, 0.15) is 19.8 Å². The van der Waals surface area contributed by atoms with E-state index in [0.717, 1.165) is 31.5 Å². The zero-order valence-corrected chi connectivity index (χ0v) is 7.93. The molecular weight excluding hydrogens is 168 g/mol. The summed E-state index contributed by atoms with van der Waals surface area (Å²) in [7, 11) is 0. The number of nitrogens with two attached hydrogens (primary N) is 1. The Labute approximate surface area is 78.1 Å². The lowest BCUT2D eigenvalue weighted by atomic mass is 10.0. The van der Waals surface area contributed by atoms with Crippen LogP contribution in [-0.4, -0.2) is 25.7 Å². The van der Waals surface area contributed by atoms with Gasteiger partial charge < -0.3 is 15.8 Å². The van der Waals surface area contributed by atoms with E-state index < -0.39 is 0 Å². The normalized spacial score (nSPS) is 16.8. The quantitative estimate of drug-likeness (QED) is 0.473. The van der Waals surface area contributed by atoms with Crippen molar-refractivity contribution >= 4 is 5.97 Å². The van der Waals surface area contributed by atoms with Crippen molar-refractivity contribution in [2.24, 2.45) is 5.73 Å². The van der Waals surface area contributed by atoms with E-state index in [2.05, 4.69) is 5.32 Å². The van der Waals surface area contributed by atoms with Crippen LogP contribution in [0.25, 0.3) is 0 Å². The third kappa shape index (κ3) is 2.73. The summed E-state index contributed by atoms with van der Waals surface area (Å²) in [6.45, 7) is 3.95. The number of nitrogens with one attached hydrogen (secondary N) is 1. The number of hydrogen-bond acceptors (Lipinski definition) is 4. The zero-order valence-electron chi connectivity index (χ0n) is 7.93. The molecule has 1 fully saturated rings. The number of ether oxygens (including phenoxy) is 1. The highest BCUT2D eigenvalue weighted by Crippen LogP contribution is 2.13. The van der Waals surface area contributed by atoms with Gasteiger partial charge in [-0.1, -0.05) is 0 Å². The molecule has 3 N–H and O–H groups in total. The Bertz CT molecular complexity index is 216. The highest BCUT2D eigenvalue weighted by atomic mass is 16.5. The molecule has 1 aliphatic heterocycles. The summed E-state index contributed by atoms with van der Waals surface area (Å²) < 4.78 is 4.81. The number of carbonyl (C=O) groups excluding carboxylic acids is 1. The first-order valence-electron chi connectivity index (χ1n) is 4.61. The van der Waals surface area contributed by atoms with Crippen molar-refractivity contribution in [1.82, 2.24) is 5.32 Å². The van der Waals surface area contributed by atoms with E-state index in [-0.39, 0.29) is 5.97 Å². The van der Waals surface area contributed by atoms with Crippen LogP contribution in [0.2, 0.25) is 0 Å². The SMILES string of the molecule is CCOC(=O)C(N)=C1CCNCC1. The smallest absolute Gasteiger partial charge is 0.354 e. The van der Waals surface area contributed by atoms with E-state index in [1.54, 1.807) is 6.92 Å². The first-order chi connectivity index (χ1) is 6.25. The van der Waals surface area contributed by atoms with Crippen LogP contribution < -0.4 is 11.1 Å². The molecule has 4 heteroatoms. The van der Waals surface area contributed by atoms with E-state index in [9.17, 15) is 4.79 Å². The summed E-state index contributed by atoms with van der Waals surface area (Å²) in [5.41, 5.74) is 6.99. The van der Waals surface area contributed by atoms with Crippen LogP contribution in [0.3, 0.4) is 0 Å². The third-order valence-electron chi connectivity index (χ3n) is 2.08. The molecule has 1 heterocycles. The first kappa shape index (κ1) is 10.1. The maximum absolute atomic E-state index is 11.2. The van der Waals surface area contributed by atoms with Gasteiger partial charge in [-0.05, 0) is 38.4 Å². The zero-order chi connectivity index (χ0) is 9.68. The molecule has 0 spiro atoms. The van der Waals surface area contributed by atoms with Crippen LogP contribution in [0.15, 0.2) is 11.3 Å². The molecule has 4 nitrogen and oxygen atoms in total. The van der Waals surface area contributed by atoms with Gasteiger partial charge in [0.1, 0.15) is 5.70 Å². The number of piperidine rings is 1. The fraction of sp³-hybridized carbons (Fsp3) is 0.667. The average Bonchev–Trinajstić information content (AvgIpc) is 2.18. The van der Waals surface area contributed by atoms with Crippen LogP contribution in [0.4, 0.5) is 0 Å². The summed E-state index contributed by atoms with van der Waals surface area (Å²) >= 11 is 0. The lowest BCUT2D eigenvalue weighted by Gasteiger charge is -2.17. The molecule has 0 radical (unpaired) electrons. The van der Waals surface area contributed by atoms with Gasteiger partial charge in [0, 0.05) is 0 Å². The molecule has 0 aromatic carbocycles. The second-order valence-electron chi connectivity index (χ2n) is 2.99. The summed E-state index contributed by atoms with van der Waals surface area (Å²) in [5, 5.41) is 3.20. The Hall–Kier alpha value is -1.03. The van der Waals surface area contributed by atoms with Crippen molar-refractivity contribution < 1.29 is 9.53 Å². The van der Waals surface area contributed by atoms with Gasteiger partial charge >= 0.3 is 5.97 Å². The first-order valence-corrected chi connectivity index (χ1v) is 4.61. The Balaban J connectivity index is 2.60. The highest BCUT2D eigenvalue weighted by Gasteiger charge is 2.14. The van der Waals surface area contributed by atoms with E-state index in [1.165, 1.54) is 0 Å². The fourth-order valence-electron chi connectivity index (χ4n) is 1.35. The van der Waals surface area contributed by atoms with Gasteiger partial charge in [-0.3, -0.25) is 0 Å². The summed E-state index contributed by atoms with van der Waals surface area (Å²) in [6, 6.07) is 0. The lowest BCUT2D eigenvalue weighted by Crippen LogP contribution is -2.27. The van der Waals surface area contributed by atoms with Gasteiger partial charge in [-0.15, -0.1) is 0 Å². The molecule has 1 aliphatic rings. The Morgan fingerprint density at radius 2 is 2.15 bits per heavy atom. The molecule has 0 aromatic heterocycles. The molecule has 0 unspecified atom stereocenters. The van der Waals surface area contributed by atoms with Crippen LogP contribution in [-0.2, 0) is 9.53 Å². The second-order valence-corrected chi connectivity index (χ2v) is 2.99. The van der Waals surface area contributed by atoms with Crippen molar-refractivity contribution in [2.75, 3.05) is 19.7 Å². The molecule has 0 aromatic rings. The van der Waals surface area contributed by atoms with Crippen LogP contribution in [0.5, 0.6) is 0 Å². The van der Waals surface area contributed by atoms with E-state index in [1.807, 2.05) is 0 Å². The molecule has 74 valence electrons. The number of carbonyl (C=O) groups is 1. The second kappa shape index (κ2) is 4.87. The topological polar surface area (TPSA) is 64.3 Å². The van der Waals surface area contributed by atoms with Crippen LogP contribution in [0, 0.1) is 0 Å². The lowest BCUT2D eigenvalue weighted by molar-refractivity contribution is -0.138. The minimum Gasteiger partial charge on any atom is -0.461 e. The van der Waals surface area contributed by atoms with Crippen molar-refractivity contribution in [1.29, 1.82) is 0 Å². The van der Waals surface area contributed by atoms with E-state index in [4.69, 9.17) is 10.5 Å². The van der Waals surface area contributed by atoms with Crippen molar-refractivity contribution in [3.8, 4) is 0 Å². The Morgan fingerprint density at radius 1 is 1.54 bits per heavy atom. The number of rotatable bonds is 2. The van der Waals surface area contributed by atoms with Crippen molar-refractivity contribution in [3.05, 3.63) is 11.3 Å². The van der Waals surface area contributed by atoms with Crippen molar-refractivity contribution in [2.45, 2.75) is 19.8 Å². The summed E-state index contributed by atoms with van der Waals surface area (Å²) in [6.07, 6.45) is 1.70. The van der Waals surface area contributed by atoms with Crippen LogP contribution >= 0.6 is 0 Å². The van der Waals surface area contributed by atoms with E-state index in [0.29, 0.717) is 12.3 Å². The van der Waals surface area contributed by atoms with Gasteiger partial charge in [0.15, 0.2) is 0 Å². The Kier molecular flexibility index (Phi) is 3.76. The van der Waals surface area contributed by atoms with Gasteiger partial charge in [0.2, 0.25) is 0 Å². The molecule has 0 bridgehead atoms. The highest BCUT2D eigenvalue weighted by molar-refractivity contribution is 5.88. The monoisotopic (exact) mass is 184 g/mol. The molecule has 1 rings (SSSR count). The number of esters is 1. The Morgan fingerprint density at radius 3 is 2.69 bits per heavy atom. The largest absolute Gasteiger partial charge is 0.461 e. The fourth-order valence-corrected chi connectivity index (χ4v) is 1.35. The minimum absolute atomic E-state index is 0.309. The predicted molar refractivity (Wildman–Crippen MR) is 50.0 cm³/mol. The van der Waals surface area contributed by atoms with Gasteiger partial charge in [-0.2, -0.15) is 0 Å². The van der Waals surface area contributed by atoms with Gasteiger partial charge in [-0.25, -0.2) is 4.79 Å². The van der Waals surface area contributed by atoms with Gasteiger partial charge in [0.25, 0.3) is 0 Å². The molecule has 0 saturated carbocycles. The molecule has 1 saturated heterocycles. The standard InChI is InChI=1S/C9H16N2O2/c1-2-13-9(12)8(10)7-3-5-11-6-4-7/h11H,2-6,10H2,1H3. The minimum atomic E-state index is -0.376. The molecule has 0 atom stereocenters. The third-order valence-corrected chi connectivity index (χ3v) is 2.08. The summed E-state index contributed by atoms with van der Waals surface area (Å²) in [5.74, 6) is -0.376. The maximum Gasteiger partial charge on any atom is 0.354 e. The summed E-state index contributed by atoms with van der Waals surface area (Å²) in [4.78, 5) is 11.2. The molecule has 0 amide bonds. The number of hydrogen-bond donors (Lipinski definition) is 2.